The molecule has 0 atom stereocenters. The summed E-state index contributed by atoms with van der Waals surface area (Å²) < 4.78 is 5.47. The van der Waals surface area contributed by atoms with Gasteiger partial charge in [-0.25, -0.2) is 0 Å². The number of carbonyl (C=O) groups excluding carboxylic acids is 2. The number of phenols is 1. The summed E-state index contributed by atoms with van der Waals surface area (Å²) in [7, 11) is 1.41. The highest BCUT2D eigenvalue weighted by molar-refractivity contribution is 9.10. The molecule has 0 aromatic heterocycles. The van der Waals surface area contributed by atoms with Gasteiger partial charge in [-0.2, -0.15) is 0 Å². The van der Waals surface area contributed by atoms with Gasteiger partial charge in [0.05, 0.1) is 28.0 Å². The van der Waals surface area contributed by atoms with Gasteiger partial charge in [0.25, 0.3) is 16.8 Å². The van der Waals surface area contributed by atoms with Crippen LogP contribution >= 0.6 is 27.7 Å². The number of nitro groups is 1. The number of non-ortho nitro benzene ring substituents is 1. The van der Waals surface area contributed by atoms with E-state index < -0.39 is 16.1 Å². The van der Waals surface area contributed by atoms with Crippen molar-refractivity contribution in [2.75, 3.05) is 7.11 Å². The Morgan fingerprint density at radius 1 is 1.29 bits per heavy atom. The van der Waals surface area contributed by atoms with E-state index in [0.717, 1.165) is 16.7 Å². The molecule has 0 unspecified atom stereocenters. The van der Waals surface area contributed by atoms with Crippen molar-refractivity contribution in [1.29, 1.82) is 0 Å². The van der Waals surface area contributed by atoms with Crippen LogP contribution in [0, 0.1) is 10.1 Å². The fourth-order valence-electron chi connectivity index (χ4n) is 2.53. The largest absolute Gasteiger partial charge is 0.503 e. The quantitative estimate of drug-likeness (QED) is 0.398. The lowest BCUT2D eigenvalue weighted by atomic mass is 10.1. The van der Waals surface area contributed by atoms with E-state index in [9.17, 15) is 24.8 Å². The molecule has 2 aromatic carbocycles. The van der Waals surface area contributed by atoms with Crippen LogP contribution in [-0.4, -0.2) is 33.2 Å². The molecular weight excluding hydrogens is 452 g/mol. The van der Waals surface area contributed by atoms with Crippen LogP contribution in [0.15, 0.2) is 45.8 Å². The van der Waals surface area contributed by atoms with Gasteiger partial charge in [0.1, 0.15) is 0 Å². The SMILES string of the molecule is COc1cc(/C=C2/SC(=O)N(Cc3ccc([N+](=O)[O-])cc3)C2=O)cc(Br)c1O. The Balaban J connectivity index is 1.82. The number of imide groups is 1. The second-order valence-electron chi connectivity index (χ2n) is 5.75. The number of hydrogen-bond donors (Lipinski definition) is 1. The highest BCUT2D eigenvalue weighted by atomic mass is 79.9. The van der Waals surface area contributed by atoms with Gasteiger partial charge in [0, 0.05) is 12.1 Å². The van der Waals surface area contributed by atoms with E-state index in [0.29, 0.717) is 15.6 Å². The first-order valence-corrected chi connectivity index (χ1v) is 9.46. The Bertz CT molecular complexity index is 1010. The first kappa shape index (κ1) is 19.9. The van der Waals surface area contributed by atoms with Crippen molar-refractivity contribution in [2.45, 2.75) is 6.54 Å². The van der Waals surface area contributed by atoms with E-state index in [-0.39, 0.29) is 28.6 Å². The molecule has 2 amide bonds. The second-order valence-corrected chi connectivity index (χ2v) is 7.59. The molecule has 1 saturated heterocycles. The number of rotatable bonds is 5. The zero-order valence-electron chi connectivity index (χ0n) is 14.4. The van der Waals surface area contributed by atoms with Gasteiger partial charge in [-0.1, -0.05) is 12.1 Å². The number of benzene rings is 2. The van der Waals surface area contributed by atoms with Gasteiger partial charge in [-0.3, -0.25) is 24.6 Å². The molecule has 1 fully saturated rings. The standard InChI is InChI=1S/C18H13BrN2O6S/c1-27-14-7-11(6-13(19)16(14)22)8-15-17(23)20(18(24)28-15)9-10-2-4-12(5-3-10)21(25)26/h2-8,22H,9H2,1H3/b15-8+. The van der Waals surface area contributed by atoms with E-state index in [4.69, 9.17) is 4.74 Å². The minimum Gasteiger partial charge on any atom is -0.503 e. The van der Waals surface area contributed by atoms with Crippen LogP contribution in [0.3, 0.4) is 0 Å². The number of nitro benzene ring substituents is 1. The normalized spacial score (nSPS) is 15.4. The number of halogens is 1. The fraction of sp³-hybridized carbons (Fsp3) is 0.111. The maximum absolute atomic E-state index is 12.6. The van der Waals surface area contributed by atoms with Crippen molar-refractivity contribution in [3.05, 3.63) is 67.0 Å². The summed E-state index contributed by atoms with van der Waals surface area (Å²) in [5.41, 5.74) is 1.11. The number of thioether (sulfide) groups is 1. The lowest BCUT2D eigenvalue weighted by molar-refractivity contribution is -0.384. The van der Waals surface area contributed by atoms with E-state index in [1.54, 1.807) is 12.1 Å². The van der Waals surface area contributed by atoms with Crippen LogP contribution < -0.4 is 4.74 Å². The number of nitrogens with zero attached hydrogens (tertiary/aromatic N) is 2. The Morgan fingerprint density at radius 2 is 1.96 bits per heavy atom. The Hall–Kier alpha value is -2.85. The molecule has 10 heteroatoms. The topological polar surface area (TPSA) is 110 Å². The number of ether oxygens (including phenoxy) is 1. The third-order valence-electron chi connectivity index (χ3n) is 3.93. The Labute approximate surface area is 172 Å². The van der Waals surface area contributed by atoms with Gasteiger partial charge >= 0.3 is 0 Å². The number of amides is 2. The molecule has 8 nitrogen and oxygen atoms in total. The van der Waals surface area contributed by atoms with Crippen LogP contribution in [0.2, 0.25) is 0 Å². The minimum atomic E-state index is -0.517. The highest BCUT2D eigenvalue weighted by Crippen LogP contribution is 2.38. The summed E-state index contributed by atoms with van der Waals surface area (Å²) in [5.74, 6) is -0.298. The van der Waals surface area contributed by atoms with Gasteiger partial charge in [0.2, 0.25) is 0 Å². The average Bonchev–Trinajstić information content (AvgIpc) is 2.92. The Morgan fingerprint density at radius 3 is 2.57 bits per heavy atom. The summed E-state index contributed by atoms with van der Waals surface area (Å²) in [5, 5.41) is 20.2. The predicted molar refractivity (Wildman–Crippen MR) is 107 cm³/mol. The summed E-state index contributed by atoms with van der Waals surface area (Å²) in [6.45, 7) is 0.0165. The number of hydrogen-bond acceptors (Lipinski definition) is 7. The van der Waals surface area contributed by atoms with Gasteiger partial charge in [0.15, 0.2) is 11.5 Å². The summed E-state index contributed by atoms with van der Waals surface area (Å²) in [4.78, 5) is 36.4. The van der Waals surface area contributed by atoms with Crippen LogP contribution in [0.1, 0.15) is 11.1 Å². The Kier molecular flexibility index (Phi) is 5.71. The zero-order valence-corrected chi connectivity index (χ0v) is 16.8. The van der Waals surface area contributed by atoms with Gasteiger partial charge < -0.3 is 9.84 Å². The molecule has 0 saturated carbocycles. The molecule has 0 radical (unpaired) electrons. The number of carbonyl (C=O) groups is 2. The zero-order chi connectivity index (χ0) is 20.4. The van der Waals surface area contributed by atoms with Crippen molar-refractivity contribution in [3.63, 3.8) is 0 Å². The predicted octanol–water partition coefficient (Wildman–Crippen LogP) is 4.31. The van der Waals surface area contributed by atoms with E-state index in [1.165, 1.54) is 37.5 Å². The molecule has 1 aliphatic rings. The van der Waals surface area contributed by atoms with E-state index in [2.05, 4.69) is 15.9 Å². The molecule has 1 N–H and O–H groups in total. The third-order valence-corrected chi connectivity index (χ3v) is 5.44. The molecule has 1 aliphatic heterocycles. The average molecular weight is 465 g/mol. The molecule has 0 aliphatic carbocycles. The molecule has 1 heterocycles. The monoisotopic (exact) mass is 464 g/mol. The minimum absolute atomic E-state index is 0.0165. The van der Waals surface area contributed by atoms with Crippen LogP contribution in [0.25, 0.3) is 6.08 Å². The van der Waals surface area contributed by atoms with Gasteiger partial charge in [-0.15, -0.1) is 0 Å². The molecule has 144 valence electrons. The van der Waals surface area contributed by atoms with Crippen molar-refractivity contribution in [3.8, 4) is 11.5 Å². The van der Waals surface area contributed by atoms with Crippen molar-refractivity contribution in [2.24, 2.45) is 0 Å². The van der Waals surface area contributed by atoms with Crippen LogP contribution in [0.4, 0.5) is 10.5 Å². The maximum Gasteiger partial charge on any atom is 0.293 e. The maximum atomic E-state index is 12.6. The first-order valence-electron chi connectivity index (χ1n) is 7.85. The van der Waals surface area contributed by atoms with Crippen molar-refractivity contribution >= 4 is 50.6 Å². The second kappa shape index (κ2) is 8.03. The number of methoxy groups -OCH3 is 1. The lowest BCUT2D eigenvalue weighted by Gasteiger charge is -2.12. The van der Waals surface area contributed by atoms with Crippen molar-refractivity contribution in [1.82, 2.24) is 4.90 Å². The molecule has 0 spiro atoms. The molecule has 2 aromatic rings. The number of phenolic OH excluding ortho intramolecular Hbond substituents is 1. The third kappa shape index (κ3) is 4.02. The summed E-state index contributed by atoms with van der Waals surface area (Å²) in [6, 6.07) is 8.81. The van der Waals surface area contributed by atoms with Crippen molar-refractivity contribution < 1.29 is 24.4 Å². The molecular formula is C18H13BrN2O6S. The van der Waals surface area contributed by atoms with Crippen LogP contribution in [0.5, 0.6) is 11.5 Å². The first-order chi connectivity index (χ1) is 13.3. The summed E-state index contributed by atoms with van der Waals surface area (Å²) in [6.07, 6.45) is 1.54. The smallest absolute Gasteiger partial charge is 0.293 e. The molecule has 3 rings (SSSR count). The van der Waals surface area contributed by atoms with E-state index in [1.807, 2.05) is 0 Å². The van der Waals surface area contributed by atoms with Gasteiger partial charge in [-0.05, 0) is 57.0 Å². The summed E-state index contributed by atoms with van der Waals surface area (Å²) >= 11 is 4.01. The highest BCUT2D eigenvalue weighted by Gasteiger charge is 2.35. The molecule has 28 heavy (non-hydrogen) atoms. The van der Waals surface area contributed by atoms with E-state index >= 15 is 0 Å². The number of aromatic hydroxyl groups is 1. The fourth-order valence-corrected chi connectivity index (χ4v) is 3.82. The van der Waals surface area contributed by atoms with Crippen LogP contribution in [-0.2, 0) is 11.3 Å². The molecule has 0 bridgehead atoms. The lowest BCUT2D eigenvalue weighted by Crippen LogP contribution is -2.27.